The van der Waals surface area contributed by atoms with E-state index >= 15 is 0 Å². The first kappa shape index (κ1) is 12.5. The Morgan fingerprint density at radius 2 is 2.29 bits per heavy atom. The zero-order valence-corrected chi connectivity index (χ0v) is 10.7. The third-order valence-electron chi connectivity index (χ3n) is 3.61. The van der Waals surface area contributed by atoms with Crippen molar-refractivity contribution in [2.45, 2.75) is 26.3 Å². The van der Waals surface area contributed by atoms with E-state index in [0.29, 0.717) is 6.04 Å². The van der Waals surface area contributed by atoms with Crippen LogP contribution in [0.3, 0.4) is 0 Å². The van der Waals surface area contributed by atoms with Gasteiger partial charge < -0.3 is 5.32 Å². The second-order valence-electron chi connectivity index (χ2n) is 4.91. The lowest BCUT2D eigenvalue weighted by molar-refractivity contribution is 0.176. The minimum atomic E-state index is -0.137. The Morgan fingerprint density at radius 1 is 1.47 bits per heavy atom. The molecule has 1 fully saturated rings. The molecule has 0 spiro atoms. The van der Waals surface area contributed by atoms with E-state index in [9.17, 15) is 4.39 Å². The second kappa shape index (κ2) is 5.61. The number of nitrogens with zero attached hydrogens (tertiary/aromatic N) is 1. The smallest absolute Gasteiger partial charge is 0.123 e. The molecule has 1 aromatic rings. The molecule has 1 aromatic carbocycles. The molecule has 1 heterocycles. The Morgan fingerprint density at radius 3 is 3.00 bits per heavy atom. The maximum absolute atomic E-state index is 13.0. The van der Waals surface area contributed by atoms with Gasteiger partial charge in [-0.3, -0.25) is 4.90 Å². The molecule has 1 aliphatic heterocycles. The predicted octanol–water partition coefficient (Wildman–Crippen LogP) is 1.97. The third kappa shape index (κ3) is 3.27. The molecule has 0 saturated carbocycles. The Balaban J connectivity index is 1.92. The van der Waals surface area contributed by atoms with Gasteiger partial charge in [0.1, 0.15) is 5.82 Å². The number of nitrogens with one attached hydrogen (secondary N) is 1. The molecule has 2 nitrogen and oxygen atoms in total. The van der Waals surface area contributed by atoms with Gasteiger partial charge in [-0.25, -0.2) is 4.39 Å². The van der Waals surface area contributed by atoms with Crippen molar-refractivity contribution in [2.24, 2.45) is 0 Å². The van der Waals surface area contributed by atoms with Crippen LogP contribution < -0.4 is 5.32 Å². The monoisotopic (exact) mass is 236 g/mol. The van der Waals surface area contributed by atoms with Crippen LogP contribution in [-0.4, -0.2) is 37.1 Å². The summed E-state index contributed by atoms with van der Waals surface area (Å²) < 4.78 is 13.0. The molecule has 17 heavy (non-hydrogen) atoms. The van der Waals surface area contributed by atoms with Crippen molar-refractivity contribution in [3.63, 3.8) is 0 Å². The maximum atomic E-state index is 13.0. The van der Waals surface area contributed by atoms with Crippen LogP contribution in [0.25, 0.3) is 0 Å². The molecule has 1 N–H and O–H groups in total. The third-order valence-corrected chi connectivity index (χ3v) is 3.61. The largest absolute Gasteiger partial charge is 0.314 e. The lowest BCUT2D eigenvalue weighted by atomic mass is 10.0. The van der Waals surface area contributed by atoms with Gasteiger partial charge in [-0.1, -0.05) is 6.07 Å². The second-order valence-corrected chi connectivity index (χ2v) is 4.91. The molecule has 1 unspecified atom stereocenters. The van der Waals surface area contributed by atoms with Gasteiger partial charge in [0.15, 0.2) is 0 Å². The number of halogens is 1. The van der Waals surface area contributed by atoms with Gasteiger partial charge in [0, 0.05) is 32.2 Å². The van der Waals surface area contributed by atoms with Gasteiger partial charge >= 0.3 is 0 Å². The van der Waals surface area contributed by atoms with Crippen LogP contribution in [0, 0.1) is 12.7 Å². The summed E-state index contributed by atoms with van der Waals surface area (Å²) in [6.07, 6.45) is 1.01. The Labute approximate surface area is 103 Å². The van der Waals surface area contributed by atoms with Gasteiger partial charge in [0.05, 0.1) is 0 Å². The first-order valence-corrected chi connectivity index (χ1v) is 6.36. The van der Waals surface area contributed by atoms with Crippen molar-refractivity contribution in [1.82, 2.24) is 10.2 Å². The molecule has 1 aliphatic rings. The average Bonchev–Trinajstić information content (AvgIpc) is 2.30. The number of hydrogen-bond donors (Lipinski definition) is 1. The van der Waals surface area contributed by atoms with E-state index in [1.807, 2.05) is 13.0 Å². The summed E-state index contributed by atoms with van der Waals surface area (Å²) in [5.41, 5.74) is 2.32. The zero-order valence-electron chi connectivity index (χ0n) is 10.7. The van der Waals surface area contributed by atoms with Gasteiger partial charge in [-0.15, -0.1) is 0 Å². The summed E-state index contributed by atoms with van der Waals surface area (Å²) >= 11 is 0. The zero-order chi connectivity index (χ0) is 12.3. The highest BCUT2D eigenvalue weighted by Gasteiger charge is 2.17. The summed E-state index contributed by atoms with van der Waals surface area (Å²) in [7, 11) is 0. The molecule has 94 valence electrons. The highest BCUT2D eigenvalue weighted by Crippen LogP contribution is 2.12. The SMILES string of the molecule is Cc1cc(F)ccc1CCN1CCNCC1C. The Bertz CT molecular complexity index is 378. The summed E-state index contributed by atoms with van der Waals surface area (Å²) in [6, 6.07) is 5.70. The number of piperazine rings is 1. The van der Waals surface area contributed by atoms with Gasteiger partial charge in [-0.2, -0.15) is 0 Å². The van der Waals surface area contributed by atoms with Crippen molar-refractivity contribution in [2.75, 3.05) is 26.2 Å². The van der Waals surface area contributed by atoms with Crippen LogP contribution in [0.4, 0.5) is 4.39 Å². The lowest BCUT2D eigenvalue weighted by Crippen LogP contribution is -2.50. The molecule has 2 rings (SSSR count). The van der Waals surface area contributed by atoms with Crippen LogP contribution in [0.15, 0.2) is 18.2 Å². The number of aryl methyl sites for hydroxylation is 1. The van der Waals surface area contributed by atoms with E-state index in [1.165, 1.54) is 5.56 Å². The van der Waals surface area contributed by atoms with E-state index in [1.54, 1.807) is 12.1 Å². The Kier molecular flexibility index (Phi) is 4.13. The molecule has 1 atom stereocenters. The topological polar surface area (TPSA) is 15.3 Å². The molecular formula is C14H21FN2. The van der Waals surface area contributed by atoms with Crippen molar-refractivity contribution in [1.29, 1.82) is 0 Å². The molecule has 0 aliphatic carbocycles. The van der Waals surface area contributed by atoms with E-state index in [-0.39, 0.29) is 5.82 Å². The van der Waals surface area contributed by atoms with E-state index in [0.717, 1.165) is 38.2 Å². The van der Waals surface area contributed by atoms with Crippen molar-refractivity contribution in [3.05, 3.63) is 35.1 Å². The summed E-state index contributed by atoms with van der Waals surface area (Å²) in [6.45, 7) is 8.56. The normalized spacial score (nSPS) is 21.7. The fraction of sp³-hybridized carbons (Fsp3) is 0.571. The van der Waals surface area contributed by atoms with Gasteiger partial charge in [0.25, 0.3) is 0 Å². The molecule has 0 aromatic heterocycles. The fourth-order valence-electron chi connectivity index (χ4n) is 2.42. The van der Waals surface area contributed by atoms with E-state index in [4.69, 9.17) is 0 Å². The number of benzene rings is 1. The number of hydrogen-bond acceptors (Lipinski definition) is 2. The first-order chi connectivity index (χ1) is 8.16. The molecular weight excluding hydrogens is 215 g/mol. The Hall–Kier alpha value is -0.930. The van der Waals surface area contributed by atoms with Crippen LogP contribution in [-0.2, 0) is 6.42 Å². The van der Waals surface area contributed by atoms with Crippen LogP contribution in [0.2, 0.25) is 0 Å². The van der Waals surface area contributed by atoms with Crippen molar-refractivity contribution < 1.29 is 4.39 Å². The fourth-order valence-corrected chi connectivity index (χ4v) is 2.42. The molecule has 3 heteroatoms. The van der Waals surface area contributed by atoms with Crippen LogP contribution in [0.1, 0.15) is 18.1 Å². The molecule has 0 amide bonds. The average molecular weight is 236 g/mol. The maximum Gasteiger partial charge on any atom is 0.123 e. The summed E-state index contributed by atoms with van der Waals surface area (Å²) in [5.74, 6) is -0.137. The van der Waals surface area contributed by atoms with E-state index < -0.39 is 0 Å². The van der Waals surface area contributed by atoms with Gasteiger partial charge in [0.2, 0.25) is 0 Å². The lowest BCUT2D eigenvalue weighted by Gasteiger charge is -2.34. The standard InChI is InChI=1S/C14H21FN2/c1-11-9-14(15)4-3-13(11)5-7-17-8-6-16-10-12(17)2/h3-4,9,12,16H,5-8,10H2,1-2H3. The predicted molar refractivity (Wildman–Crippen MR) is 68.7 cm³/mol. The van der Waals surface area contributed by atoms with E-state index in [2.05, 4.69) is 17.1 Å². The summed E-state index contributed by atoms with van der Waals surface area (Å²) in [5, 5.41) is 3.39. The molecule has 0 bridgehead atoms. The highest BCUT2D eigenvalue weighted by atomic mass is 19.1. The quantitative estimate of drug-likeness (QED) is 0.863. The van der Waals surface area contributed by atoms with Crippen LogP contribution in [0.5, 0.6) is 0 Å². The molecule has 0 radical (unpaired) electrons. The van der Waals surface area contributed by atoms with Crippen LogP contribution >= 0.6 is 0 Å². The minimum absolute atomic E-state index is 0.137. The summed E-state index contributed by atoms with van der Waals surface area (Å²) in [4.78, 5) is 2.50. The van der Waals surface area contributed by atoms with Crippen molar-refractivity contribution in [3.8, 4) is 0 Å². The number of rotatable bonds is 3. The minimum Gasteiger partial charge on any atom is -0.314 e. The van der Waals surface area contributed by atoms with Gasteiger partial charge in [-0.05, 0) is 43.5 Å². The highest BCUT2D eigenvalue weighted by molar-refractivity contribution is 5.26. The first-order valence-electron chi connectivity index (χ1n) is 6.36. The molecule has 1 saturated heterocycles. The van der Waals surface area contributed by atoms with Crippen molar-refractivity contribution >= 4 is 0 Å².